The lowest BCUT2D eigenvalue weighted by molar-refractivity contribution is -0.0349. The van der Waals surface area contributed by atoms with E-state index in [1.54, 1.807) is 12.3 Å². The molecule has 4 rings (SSSR count). The van der Waals surface area contributed by atoms with E-state index in [1.165, 1.54) is 6.07 Å². The fourth-order valence-electron chi connectivity index (χ4n) is 3.74. The molecule has 0 saturated carbocycles. The van der Waals surface area contributed by atoms with Gasteiger partial charge >= 0.3 is 0 Å². The van der Waals surface area contributed by atoms with Gasteiger partial charge < -0.3 is 9.67 Å². The zero-order valence-corrected chi connectivity index (χ0v) is 15.5. The van der Waals surface area contributed by atoms with E-state index >= 15 is 0 Å². The van der Waals surface area contributed by atoms with Gasteiger partial charge in [-0.1, -0.05) is 17.7 Å². The second-order valence-electron chi connectivity index (χ2n) is 7.23. The molecule has 0 spiro atoms. The van der Waals surface area contributed by atoms with E-state index in [9.17, 15) is 13.9 Å². The van der Waals surface area contributed by atoms with Crippen molar-refractivity contribution in [2.45, 2.75) is 31.5 Å². The summed E-state index contributed by atoms with van der Waals surface area (Å²) in [6.45, 7) is 2.35. The SMILES string of the molecule is OC1(Cn2ccc3ccnc(Cl)c32)CCN(Cc2ccc(F)c(F)c2)CC1. The van der Waals surface area contributed by atoms with E-state index in [0.29, 0.717) is 44.2 Å². The third-order valence-electron chi connectivity index (χ3n) is 5.27. The van der Waals surface area contributed by atoms with Gasteiger partial charge in [-0.05, 0) is 42.7 Å². The number of halogens is 3. The number of pyridine rings is 1. The van der Waals surface area contributed by atoms with Gasteiger partial charge in [-0.25, -0.2) is 13.8 Å². The van der Waals surface area contributed by atoms with Gasteiger partial charge in [-0.2, -0.15) is 0 Å². The average Bonchev–Trinajstić information content (AvgIpc) is 3.04. The number of fused-ring (bicyclic) bond motifs is 1. The van der Waals surface area contributed by atoms with Gasteiger partial charge in [0.15, 0.2) is 16.8 Å². The lowest BCUT2D eigenvalue weighted by Crippen LogP contribution is -2.46. The predicted octanol–water partition coefficient (Wildman–Crippen LogP) is 4.00. The van der Waals surface area contributed by atoms with Crippen LogP contribution < -0.4 is 0 Å². The summed E-state index contributed by atoms with van der Waals surface area (Å²) in [7, 11) is 0. The minimum atomic E-state index is -0.838. The number of hydrogen-bond donors (Lipinski definition) is 1. The first-order valence-electron chi connectivity index (χ1n) is 8.92. The van der Waals surface area contributed by atoms with Crippen molar-refractivity contribution in [2.75, 3.05) is 13.1 Å². The highest BCUT2D eigenvalue weighted by atomic mass is 35.5. The Morgan fingerprint density at radius 2 is 1.89 bits per heavy atom. The maximum atomic E-state index is 13.4. The number of aromatic nitrogens is 2. The maximum Gasteiger partial charge on any atom is 0.159 e. The van der Waals surface area contributed by atoms with E-state index < -0.39 is 17.2 Å². The van der Waals surface area contributed by atoms with Crippen LogP contribution in [0.4, 0.5) is 8.78 Å². The van der Waals surface area contributed by atoms with Crippen molar-refractivity contribution in [3.05, 3.63) is 65.1 Å². The van der Waals surface area contributed by atoms with Crippen molar-refractivity contribution in [1.29, 1.82) is 0 Å². The summed E-state index contributed by atoms with van der Waals surface area (Å²) in [5.41, 5.74) is 0.723. The molecule has 7 heteroatoms. The van der Waals surface area contributed by atoms with Crippen molar-refractivity contribution in [3.63, 3.8) is 0 Å². The Kier molecular flexibility index (Phi) is 4.88. The first-order chi connectivity index (χ1) is 12.9. The number of benzene rings is 1. The number of rotatable bonds is 4. The van der Waals surface area contributed by atoms with Gasteiger partial charge in [-0.15, -0.1) is 0 Å². The summed E-state index contributed by atoms with van der Waals surface area (Å²) >= 11 is 6.22. The molecule has 2 aromatic heterocycles. The zero-order chi connectivity index (χ0) is 19.0. The van der Waals surface area contributed by atoms with Gasteiger partial charge in [0.2, 0.25) is 0 Å². The summed E-state index contributed by atoms with van der Waals surface area (Å²) < 4.78 is 28.4. The third kappa shape index (κ3) is 3.83. The second kappa shape index (κ2) is 7.19. The van der Waals surface area contributed by atoms with Crippen LogP contribution in [0.1, 0.15) is 18.4 Å². The molecule has 4 nitrogen and oxygen atoms in total. The lowest BCUT2D eigenvalue weighted by Gasteiger charge is -2.38. The maximum absolute atomic E-state index is 13.4. The van der Waals surface area contributed by atoms with Crippen LogP contribution in [0.5, 0.6) is 0 Å². The Labute approximate surface area is 161 Å². The molecule has 0 amide bonds. The molecule has 0 atom stereocenters. The number of piperidine rings is 1. The molecule has 142 valence electrons. The Balaban J connectivity index is 1.42. The Morgan fingerprint density at radius 3 is 2.63 bits per heavy atom. The monoisotopic (exact) mass is 391 g/mol. The molecular formula is C20H20ClF2N3O. The van der Waals surface area contributed by atoms with E-state index in [0.717, 1.165) is 22.5 Å². The molecule has 0 unspecified atom stereocenters. The molecule has 1 aliphatic heterocycles. The van der Waals surface area contributed by atoms with Crippen LogP contribution in [0.15, 0.2) is 42.7 Å². The normalized spacial score (nSPS) is 17.5. The zero-order valence-electron chi connectivity index (χ0n) is 14.7. The van der Waals surface area contributed by atoms with Crippen molar-refractivity contribution in [1.82, 2.24) is 14.5 Å². The fraction of sp³-hybridized carbons (Fsp3) is 0.350. The van der Waals surface area contributed by atoms with Crippen molar-refractivity contribution >= 4 is 22.5 Å². The summed E-state index contributed by atoms with van der Waals surface area (Å²) in [4.78, 5) is 6.27. The van der Waals surface area contributed by atoms with Crippen LogP contribution >= 0.6 is 11.6 Å². The Hall–Kier alpha value is -2.02. The molecule has 1 saturated heterocycles. The van der Waals surface area contributed by atoms with Crippen molar-refractivity contribution in [2.24, 2.45) is 0 Å². The van der Waals surface area contributed by atoms with Crippen LogP contribution in [-0.2, 0) is 13.1 Å². The van der Waals surface area contributed by atoms with Crippen LogP contribution in [0.2, 0.25) is 5.15 Å². The van der Waals surface area contributed by atoms with Crippen LogP contribution in [0.3, 0.4) is 0 Å². The minimum Gasteiger partial charge on any atom is -0.388 e. The summed E-state index contributed by atoms with van der Waals surface area (Å²) in [6.07, 6.45) is 4.77. The quantitative estimate of drug-likeness (QED) is 0.683. The first kappa shape index (κ1) is 18.3. The van der Waals surface area contributed by atoms with Crippen molar-refractivity contribution in [3.8, 4) is 0 Å². The van der Waals surface area contributed by atoms with Crippen molar-refractivity contribution < 1.29 is 13.9 Å². The highest BCUT2D eigenvalue weighted by Crippen LogP contribution is 2.29. The molecule has 1 aliphatic rings. The number of aliphatic hydroxyl groups is 1. The molecule has 3 heterocycles. The molecular weight excluding hydrogens is 372 g/mol. The standard InChI is InChI=1S/C20H20ClF2N3O/c21-19-18-15(3-7-24-19)4-8-26(18)13-20(27)5-9-25(10-6-20)12-14-1-2-16(22)17(23)11-14/h1-4,7-8,11,27H,5-6,9-10,12-13H2. The van der Waals surface area contributed by atoms with E-state index in [-0.39, 0.29) is 0 Å². The Bertz CT molecular complexity index is 967. The molecule has 1 N–H and O–H groups in total. The van der Waals surface area contributed by atoms with Gasteiger partial charge in [-0.3, -0.25) is 4.90 Å². The summed E-state index contributed by atoms with van der Waals surface area (Å²) in [6, 6.07) is 7.84. The largest absolute Gasteiger partial charge is 0.388 e. The fourth-order valence-corrected chi connectivity index (χ4v) is 4.01. The molecule has 0 bridgehead atoms. The molecule has 1 aromatic carbocycles. The summed E-state index contributed by atoms with van der Waals surface area (Å²) in [5.74, 6) is -1.66. The smallest absolute Gasteiger partial charge is 0.159 e. The minimum absolute atomic E-state index is 0.428. The van der Waals surface area contributed by atoms with Gasteiger partial charge in [0.1, 0.15) is 0 Å². The highest BCUT2D eigenvalue weighted by Gasteiger charge is 2.33. The van der Waals surface area contributed by atoms with E-state index in [1.807, 2.05) is 22.9 Å². The van der Waals surface area contributed by atoms with E-state index in [4.69, 9.17) is 11.6 Å². The number of nitrogens with zero attached hydrogens (tertiary/aromatic N) is 3. The van der Waals surface area contributed by atoms with Crippen LogP contribution in [0, 0.1) is 11.6 Å². The number of hydrogen-bond acceptors (Lipinski definition) is 3. The number of likely N-dealkylation sites (tertiary alicyclic amines) is 1. The van der Waals surface area contributed by atoms with Crippen LogP contribution in [0.25, 0.3) is 10.9 Å². The van der Waals surface area contributed by atoms with Gasteiger partial charge in [0.05, 0.1) is 17.7 Å². The highest BCUT2D eigenvalue weighted by molar-refractivity contribution is 6.33. The summed E-state index contributed by atoms with van der Waals surface area (Å²) in [5, 5.41) is 12.5. The Morgan fingerprint density at radius 1 is 1.11 bits per heavy atom. The topological polar surface area (TPSA) is 41.3 Å². The molecule has 0 aliphatic carbocycles. The molecule has 0 radical (unpaired) electrons. The van der Waals surface area contributed by atoms with Crippen LogP contribution in [-0.4, -0.2) is 38.2 Å². The van der Waals surface area contributed by atoms with Gasteiger partial charge in [0.25, 0.3) is 0 Å². The molecule has 1 fully saturated rings. The molecule has 27 heavy (non-hydrogen) atoms. The third-order valence-corrected chi connectivity index (χ3v) is 5.55. The van der Waals surface area contributed by atoms with Gasteiger partial charge in [0, 0.05) is 37.4 Å². The second-order valence-corrected chi connectivity index (χ2v) is 7.59. The lowest BCUT2D eigenvalue weighted by atomic mass is 9.91. The molecule has 3 aromatic rings. The van der Waals surface area contributed by atoms with E-state index in [2.05, 4.69) is 9.88 Å². The average molecular weight is 392 g/mol. The first-order valence-corrected chi connectivity index (χ1v) is 9.29. The predicted molar refractivity (Wildman–Crippen MR) is 101 cm³/mol.